The fourth-order valence-electron chi connectivity index (χ4n) is 1.29. The molecule has 0 fully saturated rings. The molecular weight excluding hydrogens is 312 g/mol. The highest BCUT2D eigenvalue weighted by Crippen LogP contribution is 2.26. The molecule has 0 saturated carbocycles. The van der Waals surface area contributed by atoms with Gasteiger partial charge in [-0.25, -0.2) is 17.2 Å². The van der Waals surface area contributed by atoms with Crippen LogP contribution in [0.4, 0.5) is 17.6 Å². The molecule has 0 aliphatic heterocycles. The van der Waals surface area contributed by atoms with E-state index in [1.807, 2.05) is 0 Å². The highest BCUT2D eigenvalue weighted by molar-refractivity contribution is 8.13. The fourth-order valence-corrected chi connectivity index (χ4v) is 2.71. The lowest BCUT2D eigenvalue weighted by Gasteiger charge is -2.13. The Morgan fingerprint density at radius 3 is 2.11 bits per heavy atom. The molecule has 1 unspecified atom stereocenters. The third-order valence-electron chi connectivity index (χ3n) is 2.07. The fraction of sp³-hybridized carbons (Fsp3) is 0.400. The summed E-state index contributed by atoms with van der Waals surface area (Å²) in [6.45, 7) is 0.911. The van der Waals surface area contributed by atoms with Crippen LogP contribution in [0.5, 0.6) is 5.75 Å². The van der Waals surface area contributed by atoms with Gasteiger partial charge in [0.15, 0.2) is 17.4 Å². The largest absolute Gasteiger partial charge is 0.487 e. The zero-order valence-corrected chi connectivity index (χ0v) is 11.2. The second kappa shape index (κ2) is 5.96. The van der Waals surface area contributed by atoms with E-state index in [-0.39, 0.29) is 6.07 Å². The van der Waals surface area contributed by atoms with Crippen molar-refractivity contribution in [1.29, 1.82) is 0 Å². The maximum atomic E-state index is 13.2. The molecule has 0 aromatic heterocycles. The van der Waals surface area contributed by atoms with Gasteiger partial charge in [0.2, 0.25) is 20.7 Å². The van der Waals surface area contributed by atoms with E-state index in [2.05, 4.69) is 4.74 Å². The van der Waals surface area contributed by atoms with E-state index in [9.17, 15) is 26.0 Å². The zero-order valence-electron chi connectivity index (χ0n) is 9.59. The summed E-state index contributed by atoms with van der Waals surface area (Å²) in [5, 5.41) is 0. The minimum atomic E-state index is -3.81. The quantitative estimate of drug-likeness (QED) is 0.476. The van der Waals surface area contributed by atoms with Crippen molar-refractivity contribution in [2.75, 3.05) is 12.4 Å². The summed E-state index contributed by atoms with van der Waals surface area (Å²) in [5.41, 5.74) is 0. The van der Waals surface area contributed by atoms with Gasteiger partial charge in [-0.2, -0.15) is 8.78 Å². The zero-order chi connectivity index (χ0) is 14.8. The third kappa shape index (κ3) is 4.54. The Morgan fingerprint density at radius 2 is 1.68 bits per heavy atom. The average molecular weight is 321 g/mol. The summed E-state index contributed by atoms with van der Waals surface area (Å²) in [4.78, 5) is 0. The minimum Gasteiger partial charge on any atom is -0.487 e. The Balaban J connectivity index is 2.84. The van der Waals surface area contributed by atoms with Gasteiger partial charge < -0.3 is 4.74 Å². The SMILES string of the molecule is CC(COc1c(F)c(F)cc(F)c1F)CS(=O)(=O)Cl. The summed E-state index contributed by atoms with van der Waals surface area (Å²) in [6.07, 6.45) is 0. The standard InChI is InChI=1S/C10H9ClF4O3S/c1-5(4-19(11,16)17)3-18-10-8(14)6(12)2-7(13)9(10)15/h2,5H,3-4H2,1H3. The average Bonchev–Trinajstić information content (AvgIpc) is 2.24. The number of hydrogen-bond acceptors (Lipinski definition) is 3. The molecule has 1 rings (SSSR count). The van der Waals surface area contributed by atoms with Gasteiger partial charge in [-0.3, -0.25) is 0 Å². The number of benzene rings is 1. The smallest absolute Gasteiger partial charge is 0.232 e. The van der Waals surface area contributed by atoms with Crippen LogP contribution in [-0.2, 0) is 9.05 Å². The number of hydrogen-bond donors (Lipinski definition) is 0. The normalized spacial score (nSPS) is 13.4. The first-order valence-corrected chi connectivity index (χ1v) is 7.47. The van der Waals surface area contributed by atoms with Crippen molar-refractivity contribution >= 4 is 19.7 Å². The van der Waals surface area contributed by atoms with Crippen molar-refractivity contribution in [1.82, 2.24) is 0 Å². The summed E-state index contributed by atoms with van der Waals surface area (Å²) < 4.78 is 78.1. The lowest BCUT2D eigenvalue weighted by Crippen LogP contribution is -2.17. The Bertz CT molecular complexity index is 550. The Kier molecular flexibility index (Phi) is 5.03. The van der Waals surface area contributed by atoms with Gasteiger partial charge in [-0.1, -0.05) is 6.92 Å². The lowest BCUT2D eigenvalue weighted by molar-refractivity contribution is 0.239. The Morgan fingerprint density at radius 1 is 1.21 bits per heavy atom. The van der Waals surface area contributed by atoms with Crippen molar-refractivity contribution < 1.29 is 30.7 Å². The predicted octanol–water partition coefficient (Wildman–Crippen LogP) is 2.83. The van der Waals surface area contributed by atoms with Gasteiger partial charge in [-0.15, -0.1) is 0 Å². The van der Waals surface area contributed by atoms with Crippen molar-refractivity contribution in [3.05, 3.63) is 29.3 Å². The third-order valence-corrected chi connectivity index (χ3v) is 3.41. The van der Waals surface area contributed by atoms with Crippen LogP contribution in [0.25, 0.3) is 0 Å². The molecule has 19 heavy (non-hydrogen) atoms. The van der Waals surface area contributed by atoms with E-state index in [1.54, 1.807) is 0 Å². The van der Waals surface area contributed by atoms with Crippen molar-refractivity contribution in [3.8, 4) is 5.75 Å². The van der Waals surface area contributed by atoms with E-state index in [0.29, 0.717) is 0 Å². The van der Waals surface area contributed by atoms with Gasteiger partial charge in [0.05, 0.1) is 12.4 Å². The van der Waals surface area contributed by atoms with Gasteiger partial charge in [0.1, 0.15) is 0 Å². The van der Waals surface area contributed by atoms with Crippen LogP contribution < -0.4 is 4.74 Å². The molecule has 0 spiro atoms. The Labute approximate surface area is 111 Å². The molecule has 3 nitrogen and oxygen atoms in total. The molecule has 0 aliphatic carbocycles. The van der Waals surface area contributed by atoms with Crippen molar-refractivity contribution in [3.63, 3.8) is 0 Å². The van der Waals surface area contributed by atoms with Crippen LogP contribution in [-0.4, -0.2) is 20.8 Å². The van der Waals surface area contributed by atoms with Crippen LogP contribution in [0.15, 0.2) is 6.07 Å². The number of halogens is 5. The van der Waals surface area contributed by atoms with Gasteiger partial charge >= 0.3 is 0 Å². The molecule has 0 amide bonds. The second-order valence-corrected chi connectivity index (χ2v) is 6.74. The van der Waals surface area contributed by atoms with Gasteiger partial charge in [0.25, 0.3) is 0 Å². The first-order chi connectivity index (χ1) is 8.61. The molecule has 0 saturated heterocycles. The molecule has 1 aromatic rings. The van der Waals surface area contributed by atoms with Gasteiger partial charge in [-0.05, 0) is 0 Å². The summed E-state index contributed by atoms with van der Waals surface area (Å²) in [7, 11) is 1.16. The van der Waals surface area contributed by atoms with Crippen LogP contribution >= 0.6 is 10.7 Å². The molecular formula is C10H9ClF4O3S. The van der Waals surface area contributed by atoms with E-state index in [4.69, 9.17) is 10.7 Å². The topological polar surface area (TPSA) is 43.4 Å². The Hall–Kier alpha value is -1.02. The van der Waals surface area contributed by atoms with Crippen molar-refractivity contribution in [2.45, 2.75) is 6.92 Å². The van der Waals surface area contributed by atoms with Crippen LogP contribution in [0, 0.1) is 29.2 Å². The number of ether oxygens (including phenoxy) is 1. The van der Waals surface area contributed by atoms with Crippen molar-refractivity contribution in [2.24, 2.45) is 5.92 Å². The monoisotopic (exact) mass is 320 g/mol. The van der Waals surface area contributed by atoms with E-state index in [1.165, 1.54) is 6.92 Å². The lowest BCUT2D eigenvalue weighted by atomic mass is 10.2. The first-order valence-electron chi connectivity index (χ1n) is 5.00. The molecule has 108 valence electrons. The first kappa shape index (κ1) is 16.0. The molecule has 1 aromatic carbocycles. The maximum absolute atomic E-state index is 13.2. The van der Waals surface area contributed by atoms with Crippen LogP contribution in [0.2, 0.25) is 0 Å². The second-order valence-electron chi connectivity index (χ2n) is 3.92. The molecule has 9 heteroatoms. The van der Waals surface area contributed by atoms with Crippen LogP contribution in [0.1, 0.15) is 6.92 Å². The number of rotatable bonds is 5. The van der Waals surface area contributed by atoms with E-state index < -0.39 is 56.3 Å². The molecule has 1 atom stereocenters. The molecule has 0 N–H and O–H groups in total. The van der Waals surface area contributed by atoms with E-state index in [0.717, 1.165) is 0 Å². The molecule has 0 radical (unpaired) electrons. The van der Waals surface area contributed by atoms with Crippen LogP contribution in [0.3, 0.4) is 0 Å². The maximum Gasteiger partial charge on any atom is 0.232 e. The summed E-state index contributed by atoms with van der Waals surface area (Å²) in [5.74, 6) is -9.02. The summed E-state index contributed by atoms with van der Waals surface area (Å²) in [6, 6.07) is 0.0458. The summed E-state index contributed by atoms with van der Waals surface area (Å²) >= 11 is 0. The molecule has 0 aliphatic rings. The van der Waals surface area contributed by atoms with Gasteiger partial charge in [0, 0.05) is 22.7 Å². The molecule has 0 heterocycles. The van der Waals surface area contributed by atoms with E-state index >= 15 is 0 Å². The highest BCUT2D eigenvalue weighted by atomic mass is 35.7. The highest BCUT2D eigenvalue weighted by Gasteiger charge is 2.22. The minimum absolute atomic E-state index is 0.0458. The molecule has 0 bridgehead atoms. The predicted molar refractivity (Wildman–Crippen MR) is 60.6 cm³/mol.